The molecule has 2 aromatic rings. The van der Waals surface area contributed by atoms with Crippen LogP contribution in [0, 0.1) is 6.92 Å². The monoisotopic (exact) mass is 277 g/mol. The van der Waals surface area contributed by atoms with E-state index < -0.39 is 0 Å². The molecule has 2 rings (SSSR count). The normalized spacial score (nSPS) is 11.6. The summed E-state index contributed by atoms with van der Waals surface area (Å²) in [4.78, 5) is 7.97. The van der Waals surface area contributed by atoms with Crippen LogP contribution in [-0.4, -0.2) is 28.3 Å². The second-order valence-electron chi connectivity index (χ2n) is 4.88. The highest BCUT2D eigenvalue weighted by Gasteiger charge is 2.04. The van der Waals surface area contributed by atoms with Gasteiger partial charge in [0.2, 0.25) is 0 Å². The number of fused-ring (bicyclic) bond motifs is 1. The van der Waals surface area contributed by atoms with E-state index in [0.717, 1.165) is 28.5 Å². The van der Waals surface area contributed by atoms with E-state index >= 15 is 0 Å². The van der Waals surface area contributed by atoms with Crippen LogP contribution in [0.4, 0.5) is 0 Å². The first-order valence-electron chi connectivity index (χ1n) is 7.05. The fourth-order valence-corrected chi connectivity index (χ4v) is 2.91. The fraction of sp³-hybridized carbons (Fsp3) is 0.533. The Morgan fingerprint density at radius 3 is 2.84 bits per heavy atom. The molecule has 2 N–H and O–H groups in total. The number of H-pyrrole nitrogens is 1. The molecule has 0 bridgehead atoms. The molecule has 0 unspecified atom stereocenters. The number of benzene rings is 1. The summed E-state index contributed by atoms with van der Waals surface area (Å²) in [6.07, 6.45) is 2.40. The van der Waals surface area contributed by atoms with Crippen LogP contribution in [0.2, 0.25) is 0 Å². The van der Waals surface area contributed by atoms with Crippen LogP contribution >= 0.6 is 11.8 Å². The summed E-state index contributed by atoms with van der Waals surface area (Å²) in [5.74, 6) is 1.05. The summed E-state index contributed by atoms with van der Waals surface area (Å²) in [6, 6.07) is 6.98. The van der Waals surface area contributed by atoms with Gasteiger partial charge in [0.1, 0.15) is 0 Å². The Morgan fingerprint density at radius 1 is 1.32 bits per heavy atom. The van der Waals surface area contributed by atoms with E-state index in [0.29, 0.717) is 6.04 Å². The SMILES string of the molecule is CCC(CC)NCCSc1nc2ccc(C)cc2[nH]1. The fourth-order valence-electron chi connectivity index (χ4n) is 2.16. The van der Waals surface area contributed by atoms with Crippen molar-refractivity contribution in [3.8, 4) is 0 Å². The minimum atomic E-state index is 0.652. The number of nitrogens with zero attached hydrogens (tertiary/aromatic N) is 1. The van der Waals surface area contributed by atoms with Crippen molar-refractivity contribution in [3.63, 3.8) is 0 Å². The third-order valence-electron chi connectivity index (χ3n) is 3.38. The summed E-state index contributed by atoms with van der Waals surface area (Å²) >= 11 is 1.79. The third kappa shape index (κ3) is 3.98. The van der Waals surface area contributed by atoms with E-state index in [9.17, 15) is 0 Å². The van der Waals surface area contributed by atoms with Gasteiger partial charge in [-0.25, -0.2) is 4.98 Å². The topological polar surface area (TPSA) is 40.7 Å². The summed E-state index contributed by atoms with van der Waals surface area (Å²) in [5, 5.41) is 4.59. The molecule has 0 aliphatic heterocycles. The Kier molecular flexibility index (Phi) is 5.28. The van der Waals surface area contributed by atoms with Crippen LogP contribution in [0.5, 0.6) is 0 Å². The van der Waals surface area contributed by atoms with Crippen molar-refractivity contribution in [1.82, 2.24) is 15.3 Å². The molecule has 0 saturated carbocycles. The van der Waals surface area contributed by atoms with Crippen molar-refractivity contribution in [2.45, 2.75) is 44.8 Å². The van der Waals surface area contributed by atoms with Crippen molar-refractivity contribution < 1.29 is 0 Å². The predicted octanol–water partition coefficient (Wildman–Crippen LogP) is 3.74. The Hall–Kier alpha value is -1.00. The second kappa shape index (κ2) is 6.96. The molecule has 3 nitrogen and oxygen atoms in total. The van der Waals surface area contributed by atoms with Crippen LogP contribution < -0.4 is 5.32 Å². The van der Waals surface area contributed by atoms with Crippen molar-refractivity contribution in [1.29, 1.82) is 0 Å². The van der Waals surface area contributed by atoms with E-state index in [1.165, 1.54) is 18.4 Å². The maximum Gasteiger partial charge on any atom is 0.166 e. The van der Waals surface area contributed by atoms with Gasteiger partial charge in [-0.15, -0.1) is 0 Å². The van der Waals surface area contributed by atoms with Gasteiger partial charge in [-0.1, -0.05) is 31.7 Å². The number of rotatable bonds is 7. The second-order valence-corrected chi connectivity index (χ2v) is 5.96. The van der Waals surface area contributed by atoms with Gasteiger partial charge in [-0.3, -0.25) is 0 Å². The molecular weight excluding hydrogens is 254 g/mol. The van der Waals surface area contributed by atoms with Crippen molar-refractivity contribution in [2.24, 2.45) is 0 Å². The number of hydrogen-bond acceptors (Lipinski definition) is 3. The lowest BCUT2D eigenvalue weighted by Crippen LogP contribution is -2.29. The lowest BCUT2D eigenvalue weighted by Gasteiger charge is -2.13. The maximum atomic E-state index is 4.59. The van der Waals surface area contributed by atoms with Crippen LogP contribution in [-0.2, 0) is 0 Å². The van der Waals surface area contributed by atoms with Gasteiger partial charge in [-0.05, 0) is 37.5 Å². The molecule has 0 aliphatic rings. The third-order valence-corrected chi connectivity index (χ3v) is 4.25. The van der Waals surface area contributed by atoms with Gasteiger partial charge in [0.25, 0.3) is 0 Å². The van der Waals surface area contributed by atoms with Gasteiger partial charge in [0, 0.05) is 18.3 Å². The molecule has 0 fully saturated rings. The van der Waals surface area contributed by atoms with E-state index in [1.807, 2.05) is 0 Å². The smallest absolute Gasteiger partial charge is 0.166 e. The van der Waals surface area contributed by atoms with Gasteiger partial charge in [0.15, 0.2) is 5.16 Å². The van der Waals surface area contributed by atoms with Crippen LogP contribution in [0.3, 0.4) is 0 Å². The summed E-state index contributed by atoms with van der Waals surface area (Å²) < 4.78 is 0. The summed E-state index contributed by atoms with van der Waals surface area (Å²) in [7, 11) is 0. The van der Waals surface area contributed by atoms with E-state index in [-0.39, 0.29) is 0 Å². The first kappa shape index (κ1) is 14.4. The van der Waals surface area contributed by atoms with Crippen molar-refractivity contribution in [2.75, 3.05) is 12.3 Å². The molecule has 1 aromatic heterocycles. The van der Waals surface area contributed by atoms with Gasteiger partial charge < -0.3 is 10.3 Å². The van der Waals surface area contributed by atoms with Crippen LogP contribution in [0.15, 0.2) is 23.4 Å². The molecule has 104 valence electrons. The molecule has 0 spiro atoms. The quantitative estimate of drug-likeness (QED) is 0.598. The molecule has 0 radical (unpaired) electrons. The predicted molar refractivity (Wildman–Crippen MR) is 83.9 cm³/mol. The molecule has 0 atom stereocenters. The van der Waals surface area contributed by atoms with E-state index in [2.05, 4.69) is 54.3 Å². The minimum absolute atomic E-state index is 0.652. The van der Waals surface area contributed by atoms with Gasteiger partial charge in [0.05, 0.1) is 11.0 Å². The average Bonchev–Trinajstić information content (AvgIpc) is 2.80. The Balaban J connectivity index is 1.84. The first-order valence-corrected chi connectivity index (χ1v) is 8.04. The summed E-state index contributed by atoms with van der Waals surface area (Å²) in [5.41, 5.74) is 3.46. The van der Waals surface area contributed by atoms with Gasteiger partial charge in [-0.2, -0.15) is 0 Å². The Bertz CT molecular complexity index is 517. The zero-order valence-electron chi connectivity index (χ0n) is 12.0. The molecule has 1 heterocycles. The van der Waals surface area contributed by atoms with Crippen molar-refractivity contribution in [3.05, 3.63) is 23.8 Å². The van der Waals surface area contributed by atoms with Gasteiger partial charge >= 0.3 is 0 Å². The number of imidazole rings is 1. The number of aromatic nitrogens is 2. The Morgan fingerprint density at radius 2 is 2.11 bits per heavy atom. The van der Waals surface area contributed by atoms with Crippen LogP contribution in [0.1, 0.15) is 32.3 Å². The highest BCUT2D eigenvalue weighted by molar-refractivity contribution is 7.99. The zero-order chi connectivity index (χ0) is 13.7. The largest absolute Gasteiger partial charge is 0.333 e. The average molecular weight is 277 g/mol. The molecule has 19 heavy (non-hydrogen) atoms. The number of aryl methyl sites for hydroxylation is 1. The molecule has 1 aromatic carbocycles. The first-order chi connectivity index (χ1) is 9.22. The molecule has 0 amide bonds. The highest BCUT2D eigenvalue weighted by Crippen LogP contribution is 2.19. The number of thioether (sulfide) groups is 1. The number of aromatic amines is 1. The molecule has 0 aliphatic carbocycles. The van der Waals surface area contributed by atoms with E-state index in [1.54, 1.807) is 11.8 Å². The minimum Gasteiger partial charge on any atom is -0.333 e. The number of hydrogen-bond donors (Lipinski definition) is 2. The summed E-state index contributed by atoms with van der Waals surface area (Å²) in [6.45, 7) is 7.60. The van der Waals surface area contributed by atoms with Crippen molar-refractivity contribution >= 4 is 22.8 Å². The Labute approximate surface area is 119 Å². The molecule has 4 heteroatoms. The maximum absolute atomic E-state index is 4.59. The standard InChI is InChI=1S/C15H23N3S/c1-4-12(5-2)16-8-9-19-15-17-13-7-6-11(3)10-14(13)18-15/h6-7,10,12,16H,4-5,8-9H2,1-3H3,(H,17,18). The number of nitrogens with one attached hydrogen (secondary N) is 2. The lowest BCUT2D eigenvalue weighted by molar-refractivity contribution is 0.501. The zero-order valence-corrected chi connectivity index (χ0v) is 12.8. The highest BCUT2D eigenvalue weighted by atomic mass is 32.2. The lowest BCUT2D eigenvalue weighted by atomic mass is 10.2. The van der Waals surface area contributed by atoms with Crippen LogP contribution in [0.25, 0.3) is 11.0 Å². The molecular formula is C15H23N3S. The molecule has 0 saturated heterocycles. The van der Waals surface area contributed by atoms with E-state index in [4.69, 9.17) is 0 Å².